The van der Waals surface area contributed by atoms with E-state index in [4.69, 9.17) is 9.84 Å². The first-order valence-corrected chi connectivity index (χ1v) is 11.9. The number of hydrogen-bond acceptors (Lipinski definition) is 6. The summed E-state index contributed by atoms with van der Waals surface area (Å²) in [7, 11) is 0. The summed E-state index contributed by atoms with van der Waals surface area (Å²) in [6.45, 7) is 1.90. The number of carbonyl (C=O) groups is 1. The van der Waals surface area contributed by atoms with Gasteiger partial charge in [-0.1, -0.05) is 6.92 Å². The lowest BCUT2D eigenvalue weighted by Crippen LogP contribution is -2.25. The van der Waals surface area contributed by atoms with Gasteiger partial charge in [-0.05, 0) is 66.6 Å². The fraction of sp³-hybridized carbons (Fsp3) is 0.115. The molecule has 5 rings (SSSR count). The first kappa shape index (κ1) is 23.4. The molecule has 1 aliphatic rings. The summed E-state index contributed by atoms with van der Waals surface area (Å²) >= 11 is 1.24. The minimum Gasteiger partial charge on any atom is -0.508 e. The first-order valence-electron chi connectivity index (χ1n) is 11.1. The lowest BCUT2D eigenvalue weighted by Gasteiger charge is -2.18. The van der Waals surface area contributed by atoms with E-state index in [9.17, 15) is 18.7 Å². The molecule has 7 nitrogen and oxygen atoms in total. The van der Waals surface area contributed by atoms with Crippen LogP contribution < -0.4 is 14.9 Å². The summed E-state index contributed by atoms with van der Waals surface area (Å²) in [5, 5.41) is 19.1. The van der Waals surface area contributed by atoms with Crippen molar-refractivity contribution in [2.24, 2.45) is 10.1 Å². The van der Waals surface area contributed by atoms with Crippen LogP contribution in [0.4, 0.5) is 20.2 Å². The Morgan fingerprint density at radius 1 is 1.14 bits per heavy atom. The molecule has 2 heterocycles. The van der Waals surface area contributed by atoms with Crippen LogP contribution in [-0.2, 0) is 4.79 Å². The molecule has 1 aromatic heterocycles. The van der Waals surface area contributed by atoms with Crippen molar-refractivity contribution in [2.75, 3.05) is 11.9 Å². The number of fused-ring (bicyclic) bond motifs is 1. The van der Waals surface area contributed by atoms with E-state index in [0.717, 1.165) is 23.3 Å². The Kier molecular flexibility index (Phi) is 6.34. The second kappa shape index (κ2) is 9.74. The minimum absolute atomic E-state index is 0.0254. The van der Waals surface area contributed by atoms with Crippen molar-refractivity contribution in [2.45, 2.75) is 13.3 Å². The van der Waals surface area contributed by atoms with Gasteiger partial charge in [-0.2, -0.15) is 5.10 Å². The van der Waals surface area contributed by atoms with Crippen molar-refractivity contribution in [3.63, 3.8) is 0 Å². The zero-order valence-corrected chi connectivity index (χ0v) is 19.9. The SMILES string of the molecule is CCC(=Nn1c(-c2ccc3c(c2)NC(=O)CO3)csc1=Nc1ccc(F)cc1F)c1ccc(O)cc1. The zero-order valence-electron chi connectivity index (χ0n) is 19.0. The fourth-order valence-corrected chi connectivity index (χ4v) is 4.54. The van der Waals surface area contributed by atoms with Gasteiger partial charge in [0.15, 0.2) is 12.4 Å². The second-order valence-corrected chi connectivity index (χ2v) is 8.75. The van der Waals surface area contributed by atoms with Gasteiger partial charge in [0.05, 0.1) is 17.1 Å². The summed E-state index contributed by atoms with van der Waals surface area (Å²) < 4.78 is 34.9. The lowest BCUT2D eigenvalue weighted by molar-refractivity contribution is -0.118. The smallest absolute Gasteiger partial charge is 0.262 e. The van der Waals surface area contributed by atoms with Crippen LogP contribution in [-0.4, -0.2) is 28.0 Å². The van der Waals surface area contributed by atoms with Crippen molar-refractivity contribution in [1.82, 2.24) is 4.68 Å². The number of hydrogen-bond donors (Lipinski definition) is 2. The van der Waals surface area contributed by atoms with Gasteiger partial charge in [0.2, 0.25) is 4.80 Å². The Balaban J connectivity index is 1.70. The number of halogens is 2. The Bertz CT molecular complexity index is 1560. The molecular weight excluding hydrogens is 486 g/mol. The quantitative estimate of drug-likeness (QED) is 0.354. The first-order chi connectivity index (χ1) is 17.4. The normalized spacial score (nSPS) is 13.8. The number of aromatic nitrogens is 1. The third kappa shape index (κ3) is 4.76. The summed E-state index contributed by atoms with van der Waals surface area (Å²) in [5.41, 5.74) is 3.37. The molecule has 182 valence electrons. The predicted molar refractivity (Wildman–Crippen MR) is 134 cm³/mol. The number of thiazole rings is 1. The maximum atomic E-state index is 14.4. The number of ether oxygens (including phenoxy) is 1. The van der Waals surface area contributed by atoms with E-state index in [1.807, 2.05) is 18.4 Å². The van der Waals surface area contributed by atoms with E-state index in [1.54, 1.807) is 41.1 Å². The van der Waals surface area contributed by atoms with Gasteiger partial charge in [-0.25, -0.2) is 18.4 Å². The number of nitrogens with zero attached hydrogens (tertiary/aromatic N) is 3. The van der Waals surface area contributed by atoms with E-state index in [-0.39, 0.29) is 24.0 Å². The van der Waals surface area contributed by atoms with E-state index in [0.29, 0.717) is 34.1 Å². The number of anilines is 1. The standard InChI is InChI=1S/C26H20F2N4O3S/c1-2-20(15-3-7-18(33)8-4-15)31-32-23(16-5-10-24-22(11-16)29-25(34)13-35-24)14-36-26(32)30-21-9-6-17(27)12-19(21)28/h3-12,14,33H,2,13H2,1H3,(H,29,34). The van der Waals surface area contributed by atoms with Crippen molar-refractivity contribution in [1.29, 1.82) is 0 Å². The van der Waals surface area contributed by atoms with Gasteiger partial charge in [0.1, 0.15) is 23.0 Å². The molecule has 0 atom stereocenters. The van der Waals surface area contributed by atoms with Crippen molar-refractivity contribution in [3.05, 3.63) is 88.0 Å². The van der Waals surface area contributed by atoms with Gasteiger partial charge in [-0.15, -0.1) is 11.3 Å². The van der Waals surface area contributed by atoms with E-state index in [2.05, 4.69) is 10.3 Å². The van der Waals surface area contributed by atoms with Crippen LogP contribution in [0.1, 0.15) is 18.9 Å². The van der Waals surface area contributed by atoms with Crippen molar-refractivity contribution in [3.8, 4) is 22.8 Å². The number of aromatic hydroxyl groups is 1. The maximum absolute atomic E-state index is 14.4. The van der Waals surface area contributed by atoms with Crippen LogP contribution in [0.2, 0.25) is 0 Å². The predicted octanol–water partition coefficient (Wildman–Crippen LogP) is 5.43. The summed E-state index contributed by atoms with van der Waals surface area (Å²) in [4.78, 5) is 16.6. The van der Waals surface area contributed by atoms with Crippen LogP contribution >= 0.6 is 11.3 Å². The number of benzene rings is 3. The highest BCUT2D eigenvalue weighted by Crippen LogP contribution is 2.33. The van der Waals surface area contributed by atoms with E-state index >= 15 is 0 Å². The number of carbonyl (C=O) groups excluding carboxylic acids is 1. The second-order valence-electron chi connectivity index (χ2n) is 7.92. The topological polar surface area (TPSA) is 88.2 Å². The summed E-state index contributed by atoms with van der Waals surface area (Å²) in [5.74, 6) is -1.04. The number of amides is 1. The monoisotopic (exact) mass is 506 g/mol. The Morgan fingerprint density at radius 3 is 2.69 bits per heavy atom. The van der Waals surface area contributed by atoms with Crippen LogP contribution in [0.5, 0.6) is 11.5 Å². The molecule has 0 saturated heterocycles. The molecule has 0 unspecified atom stereocenters. The van der Waals surface area contributed by atoms with Crippen molar-refractivity contribution < 1.29 is 23.4 Å². The molecule has 0 spiro atoms. The Morgan fingerprint density at radius 2 is 1.94 bits per heavy atom. The highest BCUT2D eigenvalue weighted by Gasteiger charge is 2.18. The molecule has 0 bridgehead atoms. The van der Waals surface area contributed by atoms with E-state index < -0.39 is 11.6 Å². The van der Waals surface area contributed by atoms with Crippen LogP contribution in [0.15, 0.2) is 76.1 Å². The van der Waals surface area contributed by atoms with Gasteiger partial charge < -0.3 is 15.2 Å². The molecule has 36 heavy (non-hydrogen) atoms. The van der Waals surface area contributed by atoms with Gasteiger partial charge >= 0.3 is 0 Å². The summed E-state index contributed by atoms with van der Waals surface area (Å²) in [6, 6.07) is 15.2. The van der Waals surface area contributed by atoms with Gasteiger partial charge in [0.25, 0.3) is 5.91 Å². The zero-order chi connectivity index (χ0) is 25.2. The maximum Gasteiger partial charge on any atom is 0.262 e. The van der Waals surface area contributed by atoms with Crippen LogP contribution in [0, 0.1) is 11.6 Å². The highest BCUT2D eigenvalue weighted by molar-refractivity contribution is 7.07. The average Bonchev–Trinajstić information content (AvgIpc) is 3.26. The molecule has 1 amide bonds. The van der Waals surface area contributed by atoms with Crippen LogP contribution in [0.3, 0.4) is 0 Å². The molecule has 1 aliphatic heterocycles. The fourth-order valence-electron chi connectivity index (χ4n) is 3.70. The van der Waals surface area contributed by atoms with Crippen molar-refractivity contribution >= 4 is 34.3 Å². The third-order valence-electron chi connectivity index (χ3n) is 5.48. The average molecular weight is 507 g/mol. The minimum atomic E-state index is -0.789. The third-order valence-corrected chi connectivity index (χ3v) is 6.29. The number of nitrogens with one attached hydrogen (secondary N) is 1. The Labute approximate surface area is 208 Å². The molecule has 4 aromatic rings. The largest absolute Gasteiger partial charge is 0.508 e. The molecule has 0 radical (unpaired) electrons. The van der Waals surface area contributed by atoms with E-state index in [1.165, 1.54) is 17.4 Å². The molecule has 10 heteroatoms. The van der Waals surface area contributed by atoms with Gasteiger partial charge in [-0.3, -0.25) is 4.79 Å². The molecule has 0 aliphatic carbocycles. The number of phenolic OH excluding ortho intramolecular Hbond substituents is 1. The summed E-state index contributed by atoms with van der Waals surface area (Å²) in [6.07, 6.45) is 0.561. The molecule has 0 fully saturated rings. The highest BCUT2D eigenvalue weighted by atomic mass is 32.1. The van der Waals surface area contributed by atoms with Crippen LogP contribution in [0.25, 0.3) is 11.3 Å². The lowest BCUT2D eigenvalue weighted by atomic mass is 10.1. The molecule has 0 saturated carbocycles. The molecular formula is C26H20F2N4O3S. The van der Waals surface area contributed by atoms with Gasteiger partial charge in [0, 0.05) is 17.0 Å². The Hall–Kier alpha value is -4.31. The molecule has 2 N–H and O–H groups in total. The number of rotatable bonds is 5. The number of phenols is 1. The molecule has 3 aromatic carbocycles.